The SMILES string of the molecule is Nc1nccnc1C(=O)N1CCN(S(=O)(=O)c2ccc(F)cc2)CC1. The first kappa shape index (κ1) is 17.2. The lowest BCUT2D eigenvalue weighted by atomic mass is 10.3. The van der Waals surface area contributed by atoms with E-state index in [0.29, 0.717) is 0 Å². The van der Waals surface area contributed by atoms with E-state index in [1.807, 2.05) is 0 Å². The van der Waals surface area contributed by atoms with Crippen molar-refractivity contribution in [3.63, 3.8) is 0 Å². The van der Waals surface area contributed by atoms with Crippen LogP contribution in [-0.4, -0.2) is 59.7 Å². The highest BCUT2D eigenvalue weighted by Crippen LogP contribution is 2.19. The Hall–Kier alpha value is -2.59. The van der Waals surface area contributed by atoms with Gasteiger partial charge in [0.25, 0.3) is 5.91 Å². The lowest BCUT2D eigenvalue weighted by Gasteiger charge is -2.33. The fourth-order valence-electron chi connectivity index (χ4n) is 2.55. The number of nitrogen functional groups attached to an aromatic ring is 1. The van der Waals surface area contributed by atoms with Crippen LogP contribution in [0.1, 0.15) is 10.5 Å². The van der Waals surface area contributed by atoms with Gasteiger partial charge in [-0.3, -0.25) is 4.79 Å². The Bertz CT molecular complexity index is 880. The second-order valence-electron chi connectivity index (χ2n) is 5.44. The summed E-state index contributed by atoms with van der Waals surface area (Å²) in [6.07, 6.45) is 2.76. The number of rotatable bonds is 3. The number of hydrogen-bond donors (Lipinski definition) is 1. The van der Waals surface area contributed by atoms with Crippen LogP contribution in [0, 0.1) is 5.82 Å². The fraction of sp³-hybridized carbons (Fsp3) is 0.267. The zero-order valence-electron chi connectivity index (χ0n) is 13.2. The number of anilines is 1. The summed E-state index contributed by atoms with van der Waals surface area (Å²) in [6.45, 7) is 0.668. The van der Waals surface area contributed by atoms with E-state index in [0.717, 1.165) is 12.1 Å². The van der Waals surface area contributed by atoms with Gasteiger partial charge < -0.3 is 10.6 Å². The summed E-state index contributed by atoms with van der Waals surface area (Å²) in [5.74, 6) is -0.853. The van der Waals surface area contributed by atoms with E-state index >= 15 is 0 Å². The number of nitrogens with two attached hydrogens (primary N) is 1. The maximum Gasteiger partial charge on any atom is 0.276 e. The van der Waals surface area contributed by atoms with Gasteiger partial charge in [0.2, 0.25) is 10.0 Å². The van der Waals surface area contributed by atoms with E-state index in [4.69, 9.17) is 5.73 Å². The zero-order chi connectivity index (χ0) is 18.0. The molecule has 1 aliphatic rings. The fourth-order valence-corrected chi connectivity index (χ4v) is 3.97. The van der Waals surface area contributed by atoms with E-state index in [1.165, 1.54) is 33.7 Å². The summed E-state index contributed by atoms with van der Waals surface area (Å²) >= 11 is 0. The predicted molar refractivity (Wildman–Crippen MR) is 87.5 cm³/mol. The third-order valence-corrected chi connectivity index (χ3v) is 5.82. The smallest absolute Gasteiger partial charge is 0.276 e. The number of aromatic nitrogens is 2. The van der Waals surface area contributed by atoms with Crippen molar-refractivity contribution in [3.8, 4) is 0 Å². The molecule has 0 aliphatic carbocycles. The summed E-state index contributed by atoms with van der Waals surface area (Å²) < 4.78 is 39.4. The van der Waals surface area contributed by atoms with Gasteiger partial charge in [0.05, 0.1) is 4.90 Å². The van der Waals surface area contributed by atoms with Crippen LogP contribution < -0.4 is 5.73 Å². The molecule has 0 saturated carbocycles. The van der Waals surface area contributed by atoms with Crippen LogP contribution >= 0.6 is 0 Å². The number of sulfonamides is 1. The minimum Gasteiger partial charge on any atom is -0.382 e. The minimum atomic E-state index is -3.72. The van der Waals surface area contributed by atoms with E-state index in [9.17, 15) is 17.6 Å². The van der Waals surface area contributed by atoms with Gasteiger partial charge in [0.1, 0.15) is 5.82 Å². The van der Waals surface area contributed by atoms with Gasteiger partial charge in [-0.05, 0) is 24.3 Å². The van der Waals surface area contributed by atoms with E-state index in [-0.39, 0.29) is 48.5 Å². The Morgan fingerprint density at radius 2 is 1.64 bits per heavy atom. The lowest BCUT2D eigenvalue weighted by Crippen LogP contribution is -2.50. The van der Waals surface area contributed by atoms with Crippen molar-refractivity contribution < 1.29 is 17.6 Å². The Morgan fingerprint density at radius 3 is 2.24 bits per heavy atom. The second kappa shape index (κ2) is 6.73. The Morgan fingerprint density at radius 1 is 1.04 bits per heavy atom. The van der Waals surface area contributed by atoms with Gasteiger partial charge in [-0.25, -0.2) is 22.8 Å². The number of piperazine rings is 1. The second-order valence-corrected chi connectivity index (χ2v) is 7.38. The number of halogens is 1. The van der Waals surface area contributed by atoms with Crippen LogP contribution in [0.4, 0.5) is 10.2 Å². The molecule has 8 nitrogen and oxygen atoms in total. The quantitative estimate of drug-likeness (QED) is 0.840. The van der Waals surface area contributed by atoms with Crippen LogP contribution in [0.5, 0.6) is 0 Å². The summed E-state index contributed by atoms with van der Waals surface area (Å²) in [5.41, 5.74) is 5.71. The molecule has 1 fully saturated rings. The van der Waals surface area contributed by atoms with Gasteiger partial charge in [-0.1, -0.05) is 0 Å². The molecule has 1 aromatic carbocycles. The molecule has 2 N–H and O–H groups in total. The standard InChI is InChI=1S/C15H16FN5O3S/c16-11-1-3-12(4-2-11)25(23,24)21-9-7-20(8-10-21)15(22)13-14(17)19-6-5-18-13/h1-6H,7-10H2,(H2,17,19). The van der Waals surface area contributed by atoms with Crippen molar-refractivity contribution in [1.29, 1.82) is 0 Å². The molecule has 3 rings (SSSR count). The number of carbonyl (C=O) groups excluding carboxylic acids is 1. The largest absolute Gasteiger partial charge is 0.382 e. The molecule has 0 radical (unpaired) electrons. The normalized spacial score (nSPS) is 16.0. The third kappa shape index (κ3) is 3.44. The van der Waals surface area contributed by atoms with Crippen molar-refractivity contribution >= 4 is 21.7 Å². The van der Waals surface area contributed by atoms with Crippen molar-refractivity contribution in [3.05, 3.63) is 48.2 Å². The summed E-state index contributed by atoms with van der Waals surface area (Å²) in [6, 6.07) is 4.65. The molecule has 1 saturated heterocycles. The van der Waals surface area contributed by atoms with Crippen LogP contribution in [0.25, 0.3) is 0 Å². The first-order valence-corrected chi connectivity index (χ1v) is 8.95. The van der Waals surface area contributed by atoms with Crippen LogP contribution in [-0.2, 0) is 10.0 Å². The molecule has 0 unspecified atom stereocenters. The van der Waals surface area contributed by atoms with E-state index in [2.05, 4.69) is 9.97 Å². The summed E-state index contributed by atoms with van der Waals surface area (Å²) in [4.78, 5) is 21.7. The topological polar surface area (TPSA) is 109 Å². The predicted octanol–water partition coefficient (Wildman–Crippen LogP) is 0.345. The Balaban J connectivity index is 1.70. The number of carbonyl (C=O) groups is 1. The molecule has 25 heavy (non-hydrogen) atoms. The van der Waals surface area contributed by atoms with Crippen molar-refractivity contribution in [2.24, 2.45) is 0 Å². The molecule has 1 aromatic heterocycles. The van der Waals surface area contributed by atoms with Crippen LogP contribution in [0.15, 0.2) is 41.6 Å². The number of benzene rings is 1. The number of nitrogens with zero attached hydrogens (tertiary/aromatic N) is 4. The third-order valence-electron chi connectivity index (χ3n) is 3.91. The molecule has 0 atom stereocenters. The Kier molecular flexibility index (Phi) is 4.64. The van der Waals surface area contributed by atoms with Crippen molar-refractivity contribution in [1.82, 2.24) is 19.2 Å². The molecule has 2 heterocycles. The van der Waals surface area contributed by atoms with E-state index in [1.54, 1.807) is 0 Å². The van der Waals surface area contributed by atoms with Crippen molar-refractivity contribution in [2.45, 2.75) is 4.90 Å². The zero-order valence-corrected chi connectivity index (χ0v) is 14.0. The average molecular weight is 365 g/mol. The number of hydrogen-bond acceptors (Lipinski definition) is 6. The lowest BCUT2D eigenvalue weighted by molar-refractivity contribution is 0.0692. The molecular formula is C15H16FN5O3S. The van der Waals surface area contributed by atoms with Gasteiger partial charge in [-0.15, -0.1) is 0 Å². The minimum absolute atomic E-state index is 0.0202. The maximum absolute atomic E-state index is 13.0. The molecule has 2 aromatic rings. The van der Waals surface area contributed by atoms with Crippen molar-refractivity contribution in [2.75, 3.05) is 31.9 Å². The summed E-state index contributed by atoms with van der Waals surface area (Å²) in [7, 11) is -3.72. The van der Waals surface area contributed by atoms with Gasteiger partial charge in [0, 0.05) is 38.6 Å². The Labute approximate surface area is 144 Å². The molecule has 1 aliphatic heterocycles. The maximum atomic E-state index is 13.0. The molecule has 0 bridgehead atoms. The highest BCUT2D eigenvalue weighted by Gasteiger charge is 2.31. The molecule has 10 heteroatoms. The summed E-state index contributed by atoms with van der Waals surface area (Å²) in [5, 5.41) is 0. The molecule has 1 amide bonds. The van der Waals surface area contributed by atoms with E-state index < -0.39 is 15.8 Å². The van der Waals surface area contributed by atoms with Crippen LogP contribution in [0.2, 0.25) is 0 Å². The molecule has 0 spiro atoms. The first-order valence-electron chi connectivity index (χ1n) is 7.51. The van der Waals surface area contributed by atoms with Gasteiger partial charge in [-0.2, -0.15) is 4.31 Å². The van der Waals surface area contributed by atoms with Crippen LogP contribution in [0.3, 0.4) is 0 Å². The van der Waals surface area contributed by atoms with Gasteiger partial charge >= 0.3 is 0 Å². The van der Waals surface area contributed by atoms with Gasteiger partial charge in [0.15, 0.2) is 11.5 Å². The first-order chi connectivity index (χ1) is 11.9. The monoisotopic (exact) mass is 365 g/mol. The average Bonchev–Trinajstić information content (AvgIpc) is 2.62. The highest BCUT2D eigenvalue weighted by molar-refractivity contribution is 7.89. The molecule has 132 valence electrons. The highest BCUT2D eigenvalue weighted by atomic mass is 32.2. The number of amides is 1. The molecular weight excluding hydrogens is 349 g/mol.